The van der Waals surface area contributed by atoms with Crippen molar-refractivity contribution in [1.29, 1.82) is 0 Å². The van der Waals surface area contributed by atoms with Gasteiger partial charge in [-0.1, -0.05) is 6.42 Å². The van der Waals surface area contributed by atoms with Gasteiger partial charge in [-0.3, -0.25) is 19.2 Å². The van der Waals surface area contributed by atoms with Crippen molar-refractivity contribution in [3.05, 3.63) is 29.0 Å². The molecule has 0 aromatic carbocycles. The molecule has 1 aliphatic carbocycles. The van der Waals surface area contributed by atoms with Crippen LogP contribution < -0.4 is 14.5 Å². The van der Waals surface area contributed by atoms with Crippen molar-refractivity contribution in [3.8, 4) is 0 Å². The Morgan fingerprint density at radius 3 is 2.53 bits per heavy atom. The molecule has 3 aliphatic heterocycles. The summed E-state index contributed by atoms with van der Waals surface area (Å²) in [6.45, 7) is 5.69. The summed E-state index contributed by atoms with van der Waals surface area (Å²) in [4.78, 5) is 35.6. The van der Waals surface area contributed by atoms with Crippen molar-refractivity contribution in [1.82, 2.24) is 19.5 Å². The lowest BCUT2D eigenvalue weighted by Crippen LogP contribution is -2.35. The SMILES string of the molecule is Cc1c(N2CCC(CCCC3(C(F)(F)F)CC3)C2=O)nc2c(c1C)C(=O)NS(=O)(=O)c1ccn(n1)CCCC1CCN2C1. The lowest BCUT2D eigenvalue weighted by atomic mass is 9.93. The third kappa shape index (κ3) is 5.51. The maximum absolute atomic E-state index is 13.6. The van der Waals surface area contributed by atoms with Gasteiger partial charge in [-0.05, 0) is 88.3 Å². The molecule has 14 heteroatoms. The van der Waals surface area contributed by atoms with E-state index in [2.05, 4.69) is 9.82 Å². The molecular weight excluding hydrogens is 585 g/mol. The molecule has 10 nitrogen and oxygen atoms in total. The average molecular weight is 623 g/mol. The minimum atomic E-state index is -4.24. The number of carbonyl (C=O) groups excluding carboxylic acids is 2. The smallest absolute Gasteiger partial charge is 0.356 e. The lowest BCUT2D eigenvalue weighted by molar-refractivity contribution is -0.189. The molecule has 2 unspecified atom stereocenters. The second kappa shape index (κ2) is 10.8. The predicted molar refractivity (Wildman–Crippen MR) is 152 cm³/mol. The molecule has 6 rings (SSSR count). The van der Waals surface area contributed by atoms with Crippen molar-refractivity contribution in [3.63, 3.8) is 0 Å². The number of nitrogens with zero attached hydrogens (tertiary/aromatic N) is 5. The van der Waals surface area contributed by atoms with Gasteiger partial charge < -0.3 is 4.90 Å². The van der Waals surface area contributed by atoms with E-state index < -0.39 is 27.5 Å². The first kappa shape index (κ1) is 29.9. The van der Waals surface area contributed by atoms with Crippen molar-refractivity contribution in [2.75, 3.05) is 29.4 Å². The number of pyridine rings is 1. The van der Waals surface area contributed by atoms with Crippen molar-refractivity contribution in [2.45, 2.75) is 89.4 Å². The Bertz CT molecular complexity index is 1550. The average Bonchev–Trinajstić information content (AvgIpc) is 3.23. The highest BCUT2D eigenvalue weighted by molar-refractivity contribution is 7.90. The first-order chi connectivity index (χ1) is 20.3. The Morgan fingerprint density at radius 1 is 1.05 bits per heavy atom. The number of halogens is 3. The largest absolute Gasteiger partial charge is 0.394 e. The third-order valence-corrected chi connectivity index (χ3v) is 11.1. The van der Waals surface area contributed by atoms with Crippen LogP contribution in [0.2, 0.25) is 0 Å². The Kier molecular flexibility index (Phi) is 7.49. The van der Waals surface area contributed by atoms with E-state index in [0.29, 0.717) is 74.1 Å². The Morgan fingerprint density at radius 2 is 1.81 bits per heavy atom. The molecule has 0 radical (unpaired) electrons. The number of sulfonamides is 1. The van der Waals surface area contributed by atoms with Gasteiger partial charge in [-0.25, -0.2) is 9.71 Å². The van der Waals surface area contributed by atoms with Gasteiger partial charge in [0.1, 0.15) is 11.6 Å². The van der Waals surface area contributed by atoms with E-state index in [0.717, 1.165) is 19.3 Å². The maximum Gasteiger partial charge on any atom is 0.394 e. The van der Waals surface area contributed by atoms with Gasteiger partial charge >= 0.3 is 6.18 Å². The Hall–Kier alpha value is -3.16. The molecule has 2 aromatic rings. The van der Waals surface area contributed by atoms with Crippen LogP contribution in [0.5, 0.6) is 0 Å². The quantitative estimate of drug-likeness (QED) is 0.522. The summed E-state index contributed by atoms with van der Waals surface area (Å²) in [6, 6.07) is 1.37. The number of carbonyl (C=O) groups is 2. The summed E-state index contributed by atoms with van der Waals surface area (Å²) in [6.07, 6.45) is 1.61. The van der Waals surface area contributed by atoms with Gasteiger partial charge in [0.05, 0.1) is 11.0 Å². The zero-order chi connectivity index (χ0) is 30.7. The zero-order valence-electron chi connectivity index (χ0n) is 24.4. The molecular formula is C29H37F3N6O4S. The predicted octanol–water partition coefficient (Wildman–Crippen LogP) is 4.50. The summed E-state index contributed by atoms with van der Waals surface area (Å²) in [5.74, 6) is -0.259. The van der Waals surface area contributed by atoms with Crippen molar-refractivity contribution < 1.29 is 31.2 Å². The standard InChI is InChI=1S/C29H37F3N6O4S/c1-18-19(2)24(38-16-8-21(27(38)40)6-3-10-28(11-12-28)29(30,31)32)33-25-23(18)26(39)35-43(41,42)22-9-15-37(34-22)13-4-5-20-7-14-36(25)17-20/h9,15,20-21H,3-8,10-14,16-17H2,1-2H3,(H,35,39). The van der Waals surface area contributed by atoms with Crippen LogP contribution in [0.1, 0.15) is 79.3 Å². The molecule has 2 saturated heterocycles. The number of fused-ring (bicyclic) bond motifs is 6. The molecule has 5 heterocycles. The van der Waals surface area contributed by atoms with Crippen LogP contribution in [-0.2, 0) is 21.4 Å². The van der Waals surface area contributed by atoms with Crippen LogP contribution >= 0.6 is 0 Å². The maximum atomic E-state index is 13.6. The van der Waals surface area contributed by atoms with Crippen LogP contribution in [0.25, 0.3) is 0 Å². The summed E-state index contributed by atoms with van der Waals surface area (Å²) >= 11 is 0. The molecule has 234 valence electrons. The number of nitrogens with one attached hydrogen (secondary N) is 1. The summed E-state index contributed by atoms with van der Waals surface area (Å²) < 4.78 is 70.0. The number of hydrogen-bond acceptors (Lipinski definition) is 7. The highest BCUT2D eigenvalue weighted by Gasteiger charge is 2.62. The zero-order valence-corrected chi connectivity index (χ0v) is 25.2. The van der Waals surface area contributed by atoms with Gasteiger partial charge in [0, 0.05) is 38.3 Å². The highest BCUT2D eigenvalue weighted by Crippen LogP contribution is 2.60. The number of rotatable bonds is 5. The molecule has 43 heavy (non-hydrogen) atoms. The van der Waals surface area contributed by atoms with Crippen LogP contribution in [0.3, 0.4) is 0 Å². The fourth-order valence-electron chi connectivity index (χ4n) is 6.90. The van der Waals surface area contributed by atoms with E-state index in [4.69, 9.17) is 4.98 Å². The molecule has 2 atom stereocenters. The van der Waals surface area contributed by atoms with Gasteiger partial charge in [-0.2, -0.15) is 26.7 Å². The fourth-order valence-corrected chi connectivity index (χ4v) is 7.80. The number of aryl methyl sites for hydroxylation is 1. The minimum absolute atomic E-state index is 0.0455. The molecule has 0 spiro atoms. The van der Waals surface area contributed by atoms with E-state index in [1.807, 2.05) is 4.90 Å². The van der Waals surface area contributed by atoms with Crippen molar-refractivity contribution >= 4 is 33.5 Å². The second-order valence-electron chi connectivity index (χ2n) is 12.6. The molecule has 3 fully saturated rings. The second-order valence-corrected chi connectivity index (χ2v) is 14.3. The monoisotopic (exact) mass is 622 g/mol. The van der Waals surface area contributed by atoms with Gasteiger partial charge in [0.25, 0.3) is 15.9 Å². The Balaban J connectivity index is 1.29. The van der Waals surface area contributed by atoms with Gasteiger partial charge in [0.15, 0.2) is 5.03 Å². The summed E-state index contributed by atoms with van der Waals surface area (Å²) in [5.41, 5.74) is -0.331. The number of amides is 2. The first-order valence-electron chi connectivity index (χ1n) is 15.0. The van der Waals surface area contributed by atoms with E-state index in [1.54, 1.807) is 29.6 Å². The first-order valence-corrected chi connectivity index (χ1v) is 16.5. The van der Waals surface area contributed by atoms with Gasteiger partial charge in [0.2, 0.25) is 5.91 Å². The molecule has 2 aromatic heterocycles. The van der Waals surface area contributed by atoms with E-state index in [1.165, 1.54) is 6.07 Å². The van der Waals surface area contributed by atoms with E-state index in [-0.39, 0.29) is 41.7 Å². The molecule has 2 amide bonds. The normalized spacial score (nSPS) is 25.0. The molecule has 4 aliphatic rings. The van der Waals surface area contributed by atoms with Crippen molar-refractivity contribution in [2.24, 2.45) is 17.3 Å². The number of anilines is 2. The number of alkyl halides is 3. The van der Waals surface area contributed by atoms with E-state index in [9.17, 15) is 31.2 Å². The third-order valence-electron chi connectivity index (χ3n) is 9.87. The minimum Gasteiger partial charge on any atom is -0.356 e. The number of aromatic nitrogens is 3. The van der Waals surface area contributed by atoms with E-state index >= 15 is 0 Å². The summed E-state index contributed by atoms with van der Waals surface area (Å²) in [7, 11) is -4.24. The molecule has 1 saturated carbocycles. The summed E-state index contributed by atoms with van der Waals surface area (Å²) in [5, 5.41) is 3.92. The molecule has 1 N–H and O–H groups in total. The van der Waals surface area contributed by atoms with Crippen LogP contribution in [0.4, 0.5) is 24.8 Å². The van der Waals surface area contributed by atoms with Crippen LogP contribution in [0, 0.1) is 31.1 Å². The van der Waals surface area contributed by atoms with Gasteiger partial charge in [-0.15, -0.1) is 0 Å². The highest BCUT2D eigenvalue weighted by atomic mass is 32.2. The van der Waals surface area contributed by atoms with Crippen LogP contribution in [0.15, 0.2) is 17.3 Å². The lowest BCUT2D eigenvalue weighted by Gasteiger charge is -2.27. The Labute approximate surface area is 249 Å². The fraction of sp³-hybridized carbons (Fsp3) is 0.655. The molecule has 4 bridgehead atoms. The number of hydrogen-bond donors (Lipinski definition) is 1. The van der Waals surface area contributed by atoms with Crippen LogP contribution in [-0.4, -0.2) is 60.8 Å². The topological polar surface area (TPSA) is 118 Å².